The summed E-state index contributed by atoms with van der Waals surface area (Å²) in [6, 6.07) is 27.7. The molecule has 0 aliphatic rings. The van der Waals surface area contributed by atoms with E-state index < -0.39 is 0 Å². The van der Waals surface area contributed by atoms with E-state index in [4.69, 9.17) is 4.42 Å². The van der Waals surface area contributed by atoms with Crippen molar-refractivity contribution in [2.75, 3.05) is 5.32 Å². The second-order valence-corrected chi connectivity index (χ2v) is 6.33. The molecule has 3 heteroatoms. The van der Waals surface area contributed by atoms with Gasteiger partial charge < -0.3 is 9.73 Å². The lowest BCUT2D eigenvalue weighted by Crippen LogP contribution is -2.10. The maximum absolute atomic E-state index is 12.7. The highest BCUT2D eigenvalue weighted by Gasteiger charge is 2.14. The number of rotatable bonds is 2. The second kappa shape index (κ2) is 5.74. The van der Waals surface area contributed by atoms with Gasteiger partial charge in [0.15, 0.2) is 5.76 Å². The fourth-order valence-corrected chi connectivity index (χ4v) is 3.36. The first-order valence-corrected chi connectivity index (χ1v) is 8.49. The first kappa shape index (κ1) is 14.7. The Morgan fingerprint density at radius 2 is 1.42 bits per heavy atom. The van der Waals surface area contributed by atoms with E-state index in [2.05, 4.69) is 11.4 Å². The zero-order valence-electron chi connectivity index (χ0n) is 13.9. The molecule has 1 aromatic heterocycles. The first-order valence-electron chi connectivity index (χ1n) is 8.49. The third kappa shape index (κ3) is 2.42. The van der Waals surface area contributed by atoms with Crippen LogP contribution in [0.15, 0.2) is 89.3 Å². The molecule has 1 N–H and O–H groups in total. The van der Waals surface area contributed by atoms with E-state index in [0.29, 0.717) is 11.3 Å². The fourth-order valence-electron chi connectivity index (χ4n) is 3.36. The number of nitrogens with one attached hydrogen (secondary N) is 1. The largest absolute Gasteiger partial charge is 0.451 e. The molecule has 0 spiro atoms. The van der Waals surface area contributed by atoms with Gasteiger partial charge in [-0.15, -0.1) is 0 Å². The van der Waals surface area contributed by atoms with E-state index in [0.717, 1.165) is 32.6 Å². The number of benzene rings is 4. The average Bonchev–Trinajstić information content (AvgIpc) is 3.13. The molecule has 3 nitrogen and oxygen atoms in total. The van der Waals surface area contributed by atoms with Crippen LogP contribution in [0.5, 0.6) is 0 Å². The zero-order valence-corrected chi connectivity index (χ0v) is 13.9. The molecular formula is C23H15NO2. The zero-order chi connectivity index (χ0) is 17.5. The molecular weight excluding hydrogens is 322 g/mol. The molecule has 0 atom stereocenters. The van der Waals surface area contributed by atoms with E-state index in [9.17, 15) is 4.79 Å². The highest BCUT2D eigenvalue weighted by atomic mass is 16.3. The molecule has 1 amide bonds. The molecule has 0 aliphatic carbocycles. The highest BCUT2D eigenvalue weighted by molar-refractivity contribution is 6.11. The van der Waals surface area contributed by atoms with Gasteiger partial charge in [0, 0.05) is 11.1 Å². The molecule has 5 aromatic rings. The minimum Gasteiger partial charge on any atom is -0.451 e. The summed E-state index contributed by atoms with van der Waals surface area (Å²) in [5.41, 5.74) is 1.46. The van der Waals surface area contributed by atoms with Crippen molar-refractivity contribution in [1.29, 1.82) is 0 Å². The van der Waals surface area contributed by atoms with Gasteiger partial charge in [0.25, 0.3) is 5.91 Å². The van der Waals surface area contributed by atoms with Crippen molar-refractivity contribution in [1.82, 2.24) is 0 Å². The van der Waals surface area contributed by atoms with E-state index >= 15 is 0 Å². The van der Waals surface area contributed by atoms with E-state index in [1.165, 1.54) is 0 Å². The van der Waals surface area contributed by atoms with Crippen molar-refractivity contribution < 1.29 is 9.21 Å². The molecule has 1 heterocycles. The maximum Gasteiger partial charge on any atom is 0.291 e. The van der Waals surface area contributed by atoms with Crippen molar-refractivity contribution in [3.63, 3.8) is 0 Å². The summed E-state index contributed by atoms with van der Waals surface area (Å²) < 4.78 is 5.79. The summed E-state index contributed by atoms with van der Waals surface area (Å²) in [5, 5.41) is 8.31. The third-order valence-corrected chi connectivity index (χ3v) is 4.66. The predicted octanol–water partition coefficient (Wildman–Crippen LogP) is 5.99. The average molecular weight is 337 g/mol. The first-order chi connectivity index (χ1) is 12.8. The van der Waals surface area contributed by atoms with Crippen molar-refractivity contribution >= 4 is 44.1 Å². The van der Waals surface area contributed by atoms with Gasteiger partial charge in [-0.05, 0) is 45.8 Å². The standard InChI is InChI=1S/C23H15NO2/c25-23(24-18-11-9-15-5-1-2-7-17(15)13-18)22-14-20-19-8-4-3-6-16(19)10-12-21(20)26-22/h1-14H,(H,24,25). The monoisotopic (exact) mass is 337 g/mol. The predicted molar refractivity (Wildman–Crippen MR) is 106 cm³/mol. The summed E-state index contributed by atoms with van der Waals surface area (Å²) in [5.74, 6) is 0.0603. The van der Waals surface area contributed by atoms with Gasteiger partial charge >= 0.3 is 0 Å². The number of carbonyl (C=O) groups excluding carboxylic acids is 1. The minimum atomic E-state index is -0.249. The van der Waals surface area contributed by atoms with Crippen molar-refractivity contribution in [3.05, 3.63) is 90.7 Å². The highest BCUT2D eigenvalue weighted by Crippen LogP contribution is 2.28. The van der Waals surface area contributed by atoms with Gasteiger partial charge in [-0.1, -0.05) is 60.7 Å². The van der Waals surface area contributed by atoms with Crippen LogP contribution in [-0.4, -0.2) is 5.91 Å². The number of hydrogen-bond donors (Lipinski definition) is 1. The summed E-state index contributed by atoms with van der Waals surface area (Å²) in [6.07, 6.45) is 0. The van der Waals surface area contributed by atoms with Gasteiger partial charge in [0.05, 0.1) is 0 Å². The fraction of sp³-hybridized carbons (Fsp3) is 0. The molecule has 0 saturated heterocycles. The number of hydrogen-bond acceptors (Lipinski definition) is 2. The Balaban J connectivity index is 1.52. The molecule has 0 radical (unpaired) electrons. The molecule has 0 saturated carbocycles. The number of amides is 1. The summed E-state index contributed by atoms with van der Waals surface area (Å²) >= 11 is 0. The molecule has 4 aromatic carbocycles. The molecule has 0 bridgehead atoms. The Hall–Kier alpha value is -3.59. The molecule has 0 unspecified atom stereocenters. The summed E-state index contributed by atoms with van der Waals surface area (Å²) in [7, 11) is 0. The minimum absolute atomic E-state index is 0.249. The van der Waals surface area contributed by atoms with Crippen LogP contribution in [-0.2, 0) is 0 Å². The van der Waals surface area contributed by atoms with E-state index in [-0.39, 0.29) is 5.91 Å². The Morgan fingerprint density at radius 1 is 0.692 bits per heavy atom. The number of carbonyl (C=O) groups is 1. The molecule has 0 aliphatic heterocycles. The molecule has 124 valence electrons. The summed E-state index contributed by atoms with van der Waals surface area (Å²) in [6.45, 7) is 0. The van der Waals surface area contributed by atoms with Crippen molar-refractivity contribution in [2.45, 2.75) is 0 Å². The van der Waals surface area contributed by atoms with Crippen LogP contribution in [0.25, 0.3) is 32.5 Å². The lowest BCUT2D eigenvalue weighted by atomic mass is 10.1. The number of fused-ring (bicyclic) bond motifs is 4. The Kier molecular flexibility index (Phi) is 3.25. The van der Waals surface area contributed by atoms with Crippen LogP contribution >= 0.6 is 0 Å². The Labute approximate surface area is 149 Å². The smallest absolute Gasteiger partial charge is 0.291 e. The van der Waals surface area contributed by atoms with Crippen LogP contribution in [0.1, 0.15) is 10.6 Å². The Morgan fingerprint density at radius 3 is 2.31 bits per heavy atom. The van der Waals surface area contributed by atoms with Gasteiger partial charge in [-0.25, -0.2) is 0 Å². The lowest BCUT2D eigenvalue weighted by molar-refractivity contribution is 0.0998. The quantitative estimate of drug-likeness (QED) is 0.430. The van der Waals surface area contributed by atoms with Gasteiger partial charge in [0.1, 0.15) is 5.58 Å². The second-order valence-electron chi connectivity index (χ2n) is 6.33. The third-order valence-electron chi connectivity index (χ3n) is 4.66. The van der Waals surface area contributed by atoms with Crippen molar-refractivity contribution in [2.24, 2.45) is 0 Å². The Bertz CT molecular complexity index is 1280. The van der Waals surface area contributed by atoms with E-state index in [1.807, 2.05) is 78.9 Å². The van der Waals surface area contributed by atoms with E-state index in [1.54, 1.807) is 0 Å². The summed E-state index contributed by atoms with van der Waals surface area (Å²) in [4.78, 5) is 12.7. The van der Waals surface area contributed by atoms with Crippen molar-refractivity contribution in [3.8, 4) is 0 Å². The normalized spacial score (nSPS) is 11.2. The number of furan rings is 1. The lowest BCUT2D eigenvalue weighted by Gasteiger charge is -2.04. The van der Waals surface area contributed by atoms with Gasteiger partial charge in [0.2, 0.25) is 0 Å². The molecule has 26 heavy (non-hydrogen) atoms. The van der Waals surface area contributed by atoms with Crippen LogP contribution in [0.4, 0.5) is 5.69 Å². The van der Waals surface area contributed by atoms with Gasteiger partial charge in [-0.3, -0.25) is 4.79 Å². The van der Waals surface area contributed by atoms with Crippen LogP contribution in [0, 0.1) is 0 Å². The SMILES string of the molecule is O=C(Nc1ccc2ccccc2c1)c1cc2c(ccc3ccccc32)o1. The number of anilines is 1. The van der Waals surface area contributed by atoms with Crippen LogP contribution in [0.3, 0.4) is 0 Å². The topological polar surface area (TPSA) is 42.2 Å². The van der Waals surface area contributed by atoms with Crippen LogP contribution < -0.4 is 5.32 Å². The maximum atomic E-state index is 12.7. The van der Waals surface area contributed by atoms with Gasteiger partial charge in [-0.2, -0.15) is 0 Å². The molecule has 0 fully saturated rings. The molecule has 5 rings (SSSR count). The van der Waals surface area contributed by atoms with Crippen LogP contribution in [0.2, 0.25) is 0 Å².